The Hall–Kier alpha value is -3.91. The Morgan fingerprint density at radius 2 is 1.83 bits per heavy atom. The first-order valence-corrected chi connectivity index (χ1v) is 13.0. The molecule has 0 unspecified atom stereocenters. The lowest BCUT2D eigenvalue weighted by Gasteiger charge is -2.34. The fraction of sp³-hybridized carbons (Fsp3) is 0.250. The standard InChI is InChI=1S/C28H27N5O2S/c1-35-20-10-8-19(9-11-20)26-22(21-5-2-3-6-23(21)30-26)12-13-25(34)32-15-17-33(18-16-32)28-31-24-7-4-14-29-27(24)36-28/h2-11,14,30H,12-13,15-18H2,1H3. The van der Waals surface area contributed by atoms with Gasteiger partial charge in [0.1, 0.15) is 16.1 Å². The summed E-state index contributed by atoms with van der Waals surface area (Å²) in [7, 11) is 1.67. The highest BCUT2D eigenvalue weighted by atomic mass is 32.1. The van der Waals surface area contributed by atoms with Gasteiger partial charge in [-0.2, -0.15) is 0 Å². The van der Waals surface area contributed by atoms with Crippen molar-refractivity contribution in [1.82, 2.24) is 19.9 Å². The number of benzene rings is 2. The zero-order valence-electron chi connectivity index (χ0n) is 20.1. The SMILES string of the molecule is COc1ccc(-c2[nH]c3ccccc3c2CCC(=O)N2CCN(c3nc4cccnc4s3)CC2)cc1. The number of fused-ring (bicyclic) bond motifs is 2. The van der Waals surface area contributed by atoms with E-state index in [2.05, 4.69) is 45.2 Å². The number of thiazole rings is 1. The summed E-state index contributed by atoms with van der Waals surface area (Å²) in [6, 6.07) is 20.3. The van der Waals surface area contributed by atoms with E-state index in [1.54, 1.807) is 24.6 Å². The van der Waals surface area contributed by atoms with Crippen LogP contribution >= 0.6 is 11.3 Å². The van der Waals surface area contributed by atoms with Gasteiger partial charge in [-0.05, 0) is 60.0 Å². The quantitative estimate of drug-likeness (QED) is 0.352. The Bertz CT molecular complexity index is 1480. The van der Waals surface area contributed by atoms with Crippen molar-refractivity contribution in [3.8, 4) is 17.0 Å². The van der Waals surface area contributed by atoms with Gasteiger partial charge in [0, 0.05) is 55.4 Å². The highest BCUT2D eigenvalue weighted by Gasteiger charge is 2.24. The predicted molar refractivity (Wildman–Crippen MR) is 145 cm³/mol. The normalized spacial score (nSPS) is 14.0. The number of methoxy groups -OCH3 is 1. The second kappa shape index (κ2) is 9.62. The molecule has 1 saturated heterocycles. The van der Waals surface area contributed by atoms with Crippen LogP contribution in [0.3, 0.4) is 0 Å². The van der Waals surface area contributed by atoms with Crippen molar-refractivity contribution in [3.63, 3.8) is 0 Å². The first kappa shape index (κ1) is 22.5. The third-order valence-electron chi connectivity index (χ3n) is 6.84. The predicted octanol–water partition coefficient (Wildman–Crippen LogP) is 5.13. The number of pyridine rings is 1. The molecule has 0 spiro atoms. The summed E-state index contributed by atoms with van der Waals surface area (Å²) in [5.41, 5.74) is 5.37. The van der Waals surface area contributed by atoms with Gasteiger partial charge < -0.3 is 19.5 Å². The van der Waals surface area contributed by atoms with Gasteiger partial charge in [0.15, 0.2) is 5.13 Å². The maximum absolute atomic E-state index is 13.2. The number of anilines is 1. The second-order valence-corrected chi connectivity index (χ2v) is 9.90. The number of aromatic amines is 1. The van der Waals surface area contributed by atoms with Crippen LogP contribution in [0.15, 0.2) is 66.9 Å². The fourth-order valence-electron chi connectivity index (χ4n) is 4.89. The van der Waals surface area contributed by atoms with Gasteiger partial charge in [-0.15, -0.1) is 0 Å². The van der Waals surface area contributed by atoms with Crippen LogP contribution in [0.2, 0.25) is 0 Å². The lowest BCUT2D eigenvalue weighted by atomic mass is 10.0. The number of aromatic nitrogens is 3. The van der Waals surface area contributed by atoms with Crippen LogP contribution in [-0.2, 0) is 11.2 Å². The lowest BCUT2D eigenvalue weighted by Crippen LogP contribution is -2.48. The summed E-state index contributed by atoms with van der Waals surface area (Å²) in [4.78, 5) is 31.1. The number of H-pyrrole nitrogens is 1. The average molecular weight is 498 g/mol. The van der Waals surface area contributed by atoms with Crippen molar-refractivity contribution in [2.24, 2.45) is 0 Å². The third kappa shape index (κ3) is 4.28. The van der Waals surface area contributed by atoms with E-state index in [0.717, 1.165) is 51.1 Å². The van der Waals surface area contributed by atoms with Gasteiger partial charge in [0.05, 0.1) is 7.11 Å². The Morgan fingerprint density at radius 3 is 2.61 bits per heavy atom. The van der Waals surface area contributed by atoms with Gasteiger partial charge in [0.2, 0.25) is 5.91 Å². The van der Waals surface area contributed by atoms with Gasteiger partial charge in [0.25, 0.3) is 0 Å². The molecular formula is C28H27N5O2S. The van der Waals surface area contributed by atoms with E-state index in [-0.39, 0.29) is 5.91 Å². The summed E-state index contributed by atoms with van der Waals surface area (Å²) >= 11 is 1.61. The molecule has 1 fully saturated rings. The number of aryl methyl sites for hydroxylation is 1. The Labute approximate surface area is 213 Å². The Kier molecular flexibility index (Phi) is 6.03. The molecule has 5 aromatic rings. The molecule has 7 nitrogen and oxygen atoms in total. The van der Waals surface area contributed by atoms with E-state index in [4.69, 9.17) is 9.72 Å². The molecule has 8 heteroatoms. The van der Waals surface area contributed by atoms with Crippen LogP contribution in [0, 0.1) is 0 Å². The third-order valence-corrected chi connectivity index (χ3v) is 7.88. The maximum Gasteiger partial charge on any atom is 0.223 e. The number of piperazine rings is 1. The van der Waals surface area contributed by atoms with E-state index in [1.165, 1.54) is 10.9 Å². The molecule has 0 bridgehead atoms. The number of hydrogen-bond donors (Lipinski definition) is 1. The van der Waals surface area contributed by atoms with Gasteiger partial charge in [-0.3, -0.25) is 4.79 Å². The van der Waals surface area contributed by atoms with E-state index >= 15 is 0 Å². The number of carbonyl (C=O) groups is 1. The molecule has 1 aliphatic heterocycles. The molecule has 2 aromatic carbocycles. The van der Waals surface area contributed by atoms with E-state index in [9.17, 15) is 4.79 Å². The molecule has 4 heterocycles. The minimum absolute atomic E-state index is 0.201. The Morgan fingerprint density at radius 1 is 1.03 bits per heavy atom. The minimum Gasteiger partial charge on any atom is -0.497 e. The minimum atomic E-state index is 0.201. The number of nitrogens with one attached hydrogen (secondary N) is 1. The van der Waals surface area contributed by atoms with Crippen LogP contribution in [0.4, 0.5) is 5.13 Å². The molecule has 182 valence electrons. The summed E-state index contributed by atoms with van der Waals surface area (Å²) < 4.78 is 5.32. The maximum atomic E-state index is 13.2. The van der Waals surface area contributed by atoms with Crippen LogP contribution in [-0.4, -0.2) is 59.0 Å². The number of rotatable bonds is 6. The average Bonchev–Trinajstić information content (AvgIpc) is 3.54. The molecule has 0 atom stereocenters. The van der Waals surface area contributed by atoms with Crippen molar-refractivity contribution in [3.05, 3.63) is 72.4 Å². The van der Waals surface area contributed by atoms with Crippen molar-refractivity contribution in [2.45, 2.75) is 12.8 Å². The monoisotopic (exact) mass is 497 g/mol. The number of nitrogens with zero attached hydrogens (tertiary/aromatic N) is 4. The topological polar surface area (TPSA) is 74.4 Å². The van der Waals surface area contributed by atoms with Crippen molar-refractivity contribution < 1.29 is 9.53 Å². The van der Waals surface area contributed by atoms with Crippen LogP contribution in [0.1, 0.15) is 12.0 Å². The zero-order chi connectivity index (χ0) is 24.5. The van der Waals surface area contributed by atoms with Crippen LogP contribution < -0.4 is 9.64 Å². The van der Waals surface area contributed by atoms with E-state index in [1.807, 2.05) is 35.2 Å². The van der Waals surface area contributed by atoms with Crippen LogP contribution in [0.25, 0.3) is 32.5 Å². The Balaban J connectivity index is 1.15. The molecule has 3 aromatic heterocycles. The second-order valence-electron chi connectivity index (χ2n) is 8.94. The molecule has 0 radical (unpaired) electrons. The lowest BCUT2D eigenvalue weighted by molar-refractivity contribution is -0.131. The van der Waals surface area contributed by atoms with Crippen molar-refractivity contribution in [1.29, 1.82) is 0 Å². The van der Waals surface area contributed by atoms with Crippen LogP contribution in [0.5, 0.6) is 5.75 Å². The summed E-state index contributed by atoms with van der Waals surface area (Å²) in [5.74, 6) is 1.03. The molecule has 0 aliphatic carbocycles. The van der Waals surface area contributed by atoms with Gasteiger partial charge in [-0.25, -0.2) is 9.97 Å². The largest absolute Gasteiger partial charge is 0.497 e. The van der Waals surface area contributed by atoms with E-state index < -0.39 is 0 Å². The number of hydrogen-bond acceptors (Lipinski definition) is 6. The van der Waals surface area contributed by atoms with E-state index in [0.29, 0.717) is 25.9 Å². The highest BCUT2D eigenvalue weighted by Crippen LogP contribution is 2.33. The first-order chi connectivity index (χ1) is 17.7. The summed E-state index contributed by atoms with van der Waals surface area (Å²) in [6.07, 6.45) is 2.97. The molecule has 6 rings (SSSR count). The summed E-state index contributed by atoms with van der Waals surface area (Å²) in [5, 5.41) is 2.16. The summed E-state index contributed by atoms with van der Waals surface area (Å²) in [6.45, 7) is 2.99. The van der Waals surface area contributed by atoms with Gasteiger partial charge in [-0.1, -0.05) is 29.5 Å². The number of amides is 1. The highest BCUT2D eigenvalue weighted by molar-refractivity contribution is 7.21. The first-order valence-electron chi connectivity index (χ1n) is 12.2. The molecule has 1 N–H and O–H groups in total. The number of para-hydroxylation sites is 1. The van der Waals surface area contributed by atoms with Gasteiger partial charge >= 0.3 is 0 Å². The molecule has 36 heavy (non-hydrogen) atoms. The molecule has 1 aliphatic rings. The molecule has 1 amide bonds. The molecular weight excluding hydrogens is 470 g/mol. The van der Waals surface area contributed by atoms with Crippen molar-refractivity contribution >= 4 is 43.6 Å². The number of ether oxygens (including phenoxy) is 1. The smallest absolute Gasteiger partial charge is 0.223 e. The number of carbonyl (C=O) groups excluding carboxylic acids is 1. The zero-order valence-corrected chi connectivity index (χ0v) is 20.9. The molecule has 0 saturated carbocycles. The van der Waals surface area contributed by atoms with Crippen molar-refractivity contribution in [2.75, 3.05) is 38.2 Å². The fourth-order valence-corrected chi connectivity index (χ4v) is 5.86.